The summed E-state index contributed by atoms with van der Waals surface area (Å²) >= 11 is 0. The zero-order valence-electron chi connectivity index (χ0n) is 20.3. The number of fused-ring (bicyclic) bond motifs is 1. The van der Waals surface area contributed by atoms with E-state index in [1.165, 1.54) is 25.7 Å². The zero-order valence-corrected chi connectivity index (χ0v) is 22.0. The molecule has 13 nitrogen and oxygen atoms in total. The molecule has 3 heterocycles. The molecular formula is C22H35ClN10O3S. The van der Waals surface area contributed by atoms with Crippen LogP contribution >= 0.6 is 12.4 Å². The lowest BCUT2D eigenvalue weighted by Gasteiger charge is -2.26. The van der Waals surface area contributed by atoms with Gasteiger partial charge in [0.2, 0.25) is 11.9 Å². The number of hydrogen-bond donors (Lipinski definition) is 5. The minimum absolute atomic E-state index is 0. The molecule has 4 aromatic rings. The molecule has 1 fully saturated rings. The minimum atomic E-state index is -3.77. The molecule has 1 aliphatic heterocycles. The number of aromatic amines is 1. The van der Waals surface area contributed by atoms with Crippen LogP contribution in [0.4, 0.5) is 23.3 Å². The average Bonchev–Trinajstić information content (AvgIpc) is 3.32. The van der Waals surface area contributed by atoms with E-state index in [0.717, 1.165) is 36.8 Å². The number of rotatable bonds is 7. The summed E-state index contributed by atoms with van der Waals surface area (Å²) in [5.41, 5.74) is 1.83. The number of methoxy groups -OCH3 is 1. The van der Waals surface area contributed by atoms with Crippen molar-refractivity contribution in [3.8, 4) is 6.01 Å². The monoisotopic (exact) mass is 554 g/mol. The van der Waals surface area contributed by atoms with Gasteiger partial charge >= 0.3 is 6.01 Å². The van der Waals surface area contributed by atoms with Gasteiger partial charge in [-0.1, -0.05) is 0 Å². The Hall–Kier alpha value is -3.72. The number of nitrogens with one attached hydrogen (secondary N) is 3. The summed E-state index contributed by atoms with van der Waals surface area (Å²) in [6, 6.07) is 11.8. The van der Waals surface area contributed by atoms with Crippen molar-refractivity contribution in [2.75, 3.05) is 35.1 Å². The molecule has 0 aliphatic carbocycles. The van der Waals surface area contributed by atoms with Gasteiger partial charge in [-0.2, -0.15) is 20.1 Å². The topological polar surface area (TPSA) is 208 Å². The third kappa shape index (κ3) is 6.74. The van der Waals surface area contributed by atoms with Crippen molar-refractivity contribution >= 4 is 56.6 Å². The number of anilines is 4. The fourth-order valence-electron chi connectivity index (χ4n) is 3.79. The zero-order chi connectivity index (χ0) is 23.5. The Morgan fingerprint density at radius 3 is 2.38 bits per heavy atom. The lowest BCUT2D eigenvalue weighted by molar-refractivity contribution is 0.378. The summed E-state index contributed by atoms with van der Waals surface area (Å²) in [7, 11) is -2.26. The molecular weight excluding hydrogens is 520 g/mol. The van der Waals surface area contributed by atoms with Crippen molar-refractivity contribution in [2.45, 2.75) is 24.2 Å². The van der Waals surface area contributed by atoms with E-state index in [9.17, 15) is 8.42 Å². The van der Waals surface area contributed by atoms with Crippen LogP contribution in [0.1, 0.15) is 22.1 Å². The smallest absolute Gasteiger partial charge is 0.322 e. The van der Waals surface area contributed by atoms with Crippen molar-refractivity contribution in [1.82, 2.24) is 37.5 Å². The van der Waals surface area contributed by atoms with Crippen LogP contribution in [0.5, 0.6) is 6.01 Å². The first kappa shape index (κ1) is 29.5. The first-order valence-corrected chi connectivity index (χ1v) is 12.4. The van der Waals surface area contributed by atoms with E-state index in [1.807, 2.05) is 0 Å². The normalized spacial score (nSPS) is 13.1. The van der Waals surface area contributed by atoms with Crippen LogP contribution in [-0.2, 0) is 10.0 Å². The van der Waals surface area contributed by atoms with Gasteiger partial charge in [-0.05, 0) is 61.7 Å². The number of halogens is 1. The standard InChI is InChI=1S/C22H24N8O3S.ClH.2H3N.2H2/c1-33-22-26-20(25-21(27-22)30-11-3-2-4-12-30)24-16-7-9-18(10-8-16)34(31,32)29-17-6-5-15-14-23-28-19(15)13-17;;;;;/h5-10,13-14,29H,2-4,11-12H2,1H3,(H,23,28)(H,24,25,26,27);1H;2*1H3;2*1H. The first-order valence-electron chi connectivity index (χ1n) is 10.9. The lowest BCUT2D eigenvalue weighted by atomic mass is 10.1. The van der Waals surface area contributed by atoms with Crippen LogP contribution in [0.15, 0.2) is 53.6 Å². The molecule has 5 rings (SSSR count). The summed E-state index contributed by atoms with van der Waals surface area (Å²) in [6.45, 7) is 1.78. The van der Waals surface area contributed by atoms with E-state index in [2.05, 4.69) is 40.1 Å². The second kappa shape index (κ2) is 12.5. The van der Waals surface area contributed by atoms with E-state index >= 15 is 0 Å². The van der Waals surface area contributed by atoms with Crippen LogP contribution in [0.2, 0.25) is 0 Å². The molecule has 15 heteroatoms. The quantitative estimate of drug-likeness (QED) is 0.214. The Balaban J connectivity index is 0.00000289. The van der Waals surface area contributed by atoms with E-state index in [-0.39, 0.29) is 38.5 Å². The second-order valence-electron chi connectivity index (χ2n) is 7.92. The van der Waals surface area contributed by atoms with Gasteiger partial charge in [-0.15, -0.1) is 12.4 Å². The fraction of sp³-hybridized carbons (Fsp3) is 0.273. The molecule has 0 radical (unpaired) electrons. The van der Waals surface area contributed by atoms with E-state index in [4.69, 9.17) is 4.74 Å². The fourth-order valence-corrected chi connectivity index (χ4v) is 4.84. The van der Waals surface area contributed by atoms with Gasteiger partial charge in [-0.3, -0.25) is 9.82 Å². The number of ether oxygens (including phenoxy) is 1. The number of sulfonamides is 1. The molecule has 0 amide bonds. The van der Waals surface area contributed by atoms with E-state index in [0.29, 0.717) is 23.3 Å². The number of benzene rings is 2. The predicted molar refractivity (Wildman–Crippen MR) is 151 cm³/mol. The highest BCUT2D eigenvalue weighted by Crippen LogP contribution is 2.24. The molecule has 2 aromatic heterocycles. The van der Waals surface area contributed by atoms with Crippen LogP contribution in [-0.4, -0.2) is 53.8 Å². The number of aromatic nitrogens is 5. The molecule has 1 saturated heterocycles. The maximum atomic E-state index is 12.8. The Labute approximate surface area is 224 Å². The lowest BCUT2D eigenvalue weighted by Crippen LogP contribution is -2.31. The predicted octanol–water partition coefficient (Wildman–Crippen LogP) is 4.53. The Morgan fingerprint density at radius 1 is 0.973 bits per heavy atom. The van der Waals surface area contributed by atoms with Gasteiger partial charge in [0.1, 0.15) is 0 Å². The molecule has 9 N–H and O–H groups in total. The second-order valence-corrected chi connectivity index (χ2v) is 9.60. The van der Waals surface area contributed by atoms with Crippen molar-refractivity contribution in [2.24, 2.45) is 0 Å². The molecule has 0 atom stereocenters. The van der Waals surface area contributed by atoms with Crippen molar-refractivity contribution in [1.29, 1.82) is 0 Å². The third-order valence-corrected chi connectivity index (χ3v) is 6.94. The molecule has 0 bridgehead atoms. The van der Waals surface area contributed by atoms with Crippen LogP contribution < -0.4 is 32.0 Å². The van der Waals surface area contributed by atoms with Gasteiger partial charge in [-0.25, -0.2) is 8.42 Å². The summed E-state index contributed by atoms with van der Waals surface area (Å²) in [5.74, 6) is 0.890. The van der Waals surface area contributed by atoms with Crippen LogP contribution in [0, 0.1) is 0 Å². The van der Waals surface area contributed by atoms with Gasteiger partial charge < -0.3 is 27.3 Å². The first-order chi connectivity index (χ1) is 16.5. The Bertz CT molecular complexity index is 1420. The maximum Gasteiger partial charge on any atom is 0.322 e. The van der Waals surface area contributed by atoms with Crippen LogP contribution in [0.3, 0.4) is 0 Å². The third-order valence-electron chi connectivity index (χ3n) is 5.54. The van der Waals surface area contributed by atoms with Crippen molar-refractivity contribution in [3.63, 3.8) is 0 Å². The molecule has 37 heavy (non-hydrogen) atoms. The van der Waals surface area contributed by atoms with Gasteiger partial charge in [0.05, 0.1) is 29.4 Å². The summed E-state index contributed by atoms with van der Waals surface area (Å²) in [6.07, 6.45) is 5.07. The van der Waals surface area contributed by atoms with Gasteiger partial charge in [0.15, 0.2) is 0 Å². The Kier molecular flexibility index (Phi) is 9.96. The summed E-state index contributed by atoms with van der Waals surface area (Å²) < 4.78 is 33.5. The molecule has 0 unspecified atom stereocenters. The summed E-state index contributed by atoms with van der Waals surface area (Å²) in [4.78, 5) is 15.4. The average molecular weight is 555 g/mol. The minimum Gasteiger partial charge on any atom is -0.467 e. The molecule has 1 aliphatic rings. The number of nitrogens with zero attached hydrogens (tertiary/aromatic N) is 5. The highest BCUT2D eigenvalue weighted by atomic mass is 35.5. The highest BCUT2D eigenvalue weighted by Gasteiger charge is 2.18. The van der Waals surface area contributed by atoms with Crippen molar-refractivity contribution < 1.29 is 16.0 Å². The van der Waals surface area contributed by atoms with E-state index < -0.39 is 10.0 Å². The van der Waals surface area contributed by atoms with Gasteiger partial charge in [0.25, 0.3) is 10.0 Å². The van der Waals surface area contributed by atoms with Crippen molar-refractivity contribution in [3.05, 3.63) is 48.7 Å². The molecule has 0 spiro atoms. The van der Waals surface area contributed by atoms with Gasteiger partial charge in [0, 0.05) is 27.0 Å². The number of hydrogen-bond acceptors (Lipinski definition) is 11. The van der Waals surface area contributed by atoms with Crippen LogP contribution in [0.25, 0.3) is 10.9 Å². The molecule has 0 saturated carbocycles. The number of piperidine rings is 1. The highest BCUT2D eigenvalue weighted by molar-refractivity contribution is 7.92. The summed E-state index contributed by atoms with van der Waals surface area (Å²) in [5, 5.41) is 10.8. The SMILES string of the molecule is COc1nc(Nc2ccc(S(=O)(=O)Nc3ccc4cn[nH]c4c3)cc2)nc(N2CCCCC2)n1.Cl.N.N.[HH].[HH]. The van der Waals surface area contributed by atoms with E-state index in [1.54, 1.807) is 36.5 Å². The molecule has 2 aromatic carbocycles. The maximum absolute atomic E-state index is 12.8. The Morgan fingerprint density at radius 2 is 1.68 bits per heavy atom. The molecule has 204 valence electrons. The largest absolute Gasteiger partial charge is 0.467 e. The number of H-pyrrole nitrogens is 1.